The second-order valence-electron chi connectivity index (χ2n) is 7.55. The summed E-state index contributed by atoms with van der Waals surface area (Å²) in [7, 11) is 4.61. The molecule has 0 saturated carbocycles. The van der Waals surface area contributed by atoms with E-state index in [1.54, 1.807) is 24.3 Å². The van der Waals surface area contributed by atoms with Crippen LogP contribution in [-0.2, 0) is 0 Å². The number of anilines is 5. The summed E-state index contributed by atoms with van der Waals surface area (Å²) in [6.07, 6.45) is 1.53. The minimum atomic E-state index is -0.470. The van der Waals surface area contributed by atoms with Crippen molar-refractivity contribution in [3.63, 3.8) is 0 Å². The number of methoxy groups -OCH3 is 3. The number of nitro groups is 1. The van der Waals surface area contributed by atoms with Gasteiger partial charge in [-0.15, -0.1) is 0 Å². The van der Waals surface area contributed by atoms with Gasteiger partial charge in [0.1, 0.15) is 5.75 Å². The highest BCUT2D eigenvalue weighted by molar-refractivity contribution is 5.85. The number of nitrogens with one attached hydrogen (secondary N) is 3. The predicted molar refractivity (Wildman–Crippen MR) is 143 cm³/mol. The van der Waals surface area contributed by atoms with E-state index in [1.165, 1.54) is 39.7 Å². The molecule has 3 aromatic carbocycles. The molecule has 38 heavy (non-hydrogen) atoms. The Morgan fingerprint density at radius 1 is 0.763 bits per heavy atom. The number of aromatic nitrogens is 3. The lowest BCUT2D eigenvalue weighted by atomic mass is 10.2. The summed E-state index contributed by atoms with van der Waals surface area (Å²) in [6, 6.07) is 18.7. The van der Waals surface area contributed by atoms with E-state index in [9.17, 15) is 10.1 Å². The molecule has 13 heteroatoms. The molecule has 0 aliphatic heterocycles. The molecule has 0 saturated heterocycles. The highest BCUT2D eigenvalue weighted by Crippen LogP contribution is 2.33. The Bertz CT molecular complexity index is 1430. The predicted octanol–water partition coefficient (Wildman–Crippen LogP) is 4.74. The molecule has 1 aromatic heterocycles. The summed E-state index contributed by atoms with van der Waals surface area (Å²) >= 11 is 0. The van der Waals surface area contributed by atoms with Crippen LogP contribution in [0, 0.1) is 10.1 Å². The largest absolute Gasteiger partial charge is 0.496 e. The van der Waals surface area contributed by atoms with Gasteiger partial charge in [-0.05, 0) is 30.3 Å². The van der Waals surface area contributed by atoms with Gasteiger partial charge in [-0.1, -0.05) is 18.2 Å². The maximum Gasteiger partial charge on any atom is 0.269 e. The maximum atomic E-state index is 10.9. The number of hydrazone groups is 1. The number of nitrogens with zero attached hydrogens (tertiary/aromatic N) is 5. The van der Waals surface area contributed by atoms with Gasteiger partial charge in [0.25, 0.3) is 5.69 Å². The molecule has 4 aromatic rings. The minimum absolute atomic E-state index is 0.0279. The van der Waals surface area contributed by atoms with Crippen molar-refractivity contribution in [1.82, 2.24) is 15.0 Å². The van der Waals surface area contributed by atoms with Crippen LogP contribution < -0.4 is 30.3 Å². The minimum Gasteiger partial charge on any atom is -0.496 e. The molecule has 0 aliphatic carbocycles. The van der Waals surface area contributed by atoms with E-state index >= 15 is 0 Å². The number of nitro benzene ring substituents is 1. The van der Waals surface area contributed by atoms with Crippen LogP contribution in [0.25, 0.3) is 0 Å². The Labute approximate surface area is 217 Å². The highest BCUT2D eigenvalue weighted by atomic mass is 16.6. The van der Waals surface area contributed by atoms with Gasteiger partial charge in [0.05, 0.1) is 32.5 Å². The van der Waals surface area contributed by atoms with Crippen LogP contribution in [0.15, 0.2) is 71.8 Å². The summed E-state index contributed by atoms with van der Waals surface area (Å²) in [4.78, 5) is 23.6. The van der Waals surface area contributed by atoms with Crippen molar-refractivity contribution >= 4 is 41.1 Å². The second-order valence-corrected chi connectivity index (χ2v) is 7.55. The number of rotatable bonds is 11. The highest BCUT2D eigenvalue weighted by Gasteiger charge is 2.12. The van der Waals surface area contributed by atoms with Crippen molar-refractivity contribution in [3.05, 3.63) is 82.4 Å². The average Bonchev–Trinajstić information content (AvgIpc) is 2.93. The zero-order valence-electron chi connectivity index (χ0n) is 20.7. The van der Waals surface area contributed by atoms with Crippen LogP contribution in [0.1, 0.15) is 5.56 Å². The van der Waals surface area contributed by atoms with Gasteiger partial charge in [-0.25, -0.2) is 5.43 Å². The summed E-state index contributed by atoms with van der Waals surface area (Å²) in [5, 5.41) is 21.3. The molecule has 0 atom stereocenters. The Kier molecular flexibility index (Phi) is 8.08. The Morgan fingerprint density at radius 2 is 1.32 bits per heavy atom. The van der Waals surface area contributed by atoms with E-state index < -0.39 is 4.92 Å². The lowest BCUT2D eigenvalue weighted by Gasteiger charge is -2.12. The van der Waals surface area contributed by atoms with Crippen LogP contribution in [-0.4, -0.2) is 47.4 Å². The number of benzene rings is 3. The van der Waals surface area contributed by atoms with Gasteiger partial charge in [-0.2, -0.15) is 20.1 Å². The van der Waals surface area contributed by atoms with Crippen LogP contribution in [0.3, 0.4) is 0 Å². The Morgan fingerprint density at radius 3 is 1.89 bits per heavy atom. The maximum absolute atomic E-state index is 10.9. The molecule has 0 radical (unpaired) electrons. The van der Waals surface area contributed by atoms with E-state index in [4.69, 9.17) is 14.2 Å². The van der Waals surface area contributed by atoms with E-state index in [1.807, 2.05) is 30.3 Å². The molecule has 4 rings (SSSR count). The summed E-state index contributed by atoms with van der Waals surface area (Å²) < 4.78 is 16.1. The van der Waals surface area contributed by atoms with Crippen LogP contribution in [0.2, 0.25) is 0 Å². The zero-order valence-corrected chi connectivity index (χ0v) is 20.7. The van der Waals surface area contributed by atoms with Gasteiger partial charge >= 0.3 is 0 Å². The lowest BCUT2D eigenvalue weighted by Crippen LogP contribution is -2.07. The molecular formula is C25H24N8O5. The standard InChI is InChI=1S/C25H24N8O5/c1-36-20-14-22(38-3)21(37-2)13-16(20)15-26-32-25-30-23(27-17-7-5-4-6-8-17)29-24(31-25)28-18-9-11-19(12-10-18)33(34)35/h4-15H,1-3H3,(H3,27,28,29,30,31,32)/b26-15+. The fraction of sp³-hybridized carbons (Fsp3) is 0.120. The third-order valence-electron chi connectivity index (χ3n) is 5.10. The molecule has 194 valence electrons. The van der Waals surface area contributed by atoms with Crippen LogP contribution in [0.5, 0.6) is 17.2 Å². The van der Waals surface area contributed by atoms with Crippen molar-refractivity contribution in [1.29, 1.82) is 0 Å². The van der Waals surface area contributed by atoms with Gasteiger partial charge in [0, 0.05) is 35.1 Å². The lowest BCUT2D eigenvalue weighted by molar-refractivity contribution is -0.384. The Balaban J connectivity index is 1.60. The fourth-order valence-electron chi connectivity index (χ4n) is 3.30. The third-order valence-corrected chi connectivity index (χ3v) is 5.10. The first kappa shape index (κ1) is 25.6. The monoisotopic (exact) mass is 516 g/mol. The molecular weight excluding hydrogens is 492 g/mol. The number of hydrogen-bond donors (Lipinski definition) is 3. The van der Waals surface area contributed by atoms with Crippen LogP contribution in [0.4, 0.5) is 34.9 Å². The topological polar surface area (TPSA) is 158 Å². The van der Waals surface area contributed by atoms with Gasteiger partial charge in [0.15, 0.2) is 11.5 Å². The normalized spacial score (nSPS) is 10.6. The quantitative estimate of drug-likeness (QED) is 0.144. The number of ether oxygens (including phenoxy) is 3. The first-order chi connectivity index (χ1) is 18.5. The molecule has 0 amide bonds. The number of non-ortho nitro benzene ring substituents is 1. The molecule has 3 N–H and O–H groups in total. The molecule has 13 nitrogen and oxygen atoms in total. The first-order valence-electron chi connectivity index (χ1n) is 11.2. The molecule has 0 unspecified atom stereocenters. The van der Waals surface area contributed by atoms with E-state index in [-0.39, 0.29) is 23.5 Å². The number of para-hydroxylation sites is 1. The Hall–Kier alpha value is -5.46. The van der Waals surface area contributed by atoms with Crippen molar-refractivity contribution < 1.29 is 19.1 Å². The smallest absolute Gasteiger partial charge is 0.269 e. The molecule has 0 spiro atoms. The van der Waals surface area contributed by atoms with Gasteiger partial charge in [-0.3, -0.25) is 10.1 Å². The van der Waals surface area contributed by atoms with Crippen molar-refractivity contribution in [3.8, 4) is 17.2 Å². The van der Waals surface area contributed by atoms with Crippen molar-refractivity contribution in [2.75, 3.05) is 37.4 Å². The van der Waals surface area contributed by atoms with E-state index in [2.05, 4.69) is 36.1 Å². The number of hydrogen-bond acceptors (Lipinski definition) is 12. The molecule has 0 fully saturated rings. The van der Waals surface area contributed by atoms with Crippen LogP contribution >= 0.6 is 0 Å². The third kappa shape index (κ3) is 6.40. The SMILES string of the molecule is COc1cc(OC)c(OC)cc1/C=N/Nc1nc(Nc2ccccc2)nc(Nc2ccc([N+](=O)[O-])cc2)n1. The molecule has 0 bridgehead atoms. The van der Waals surface area contributed by atoms with Crippen molar-refractivity contribution in [2.24, 2.45) is 5.10 Å². The summed E-state index contributed by atoms with van der Waals surface area (Å²) in [5.74, 6) is 2.13. The zero-order chi connectivity index (χ0) is 26.9. The first-order valence-corrected chi connectivity index (χ1v) is 11.2. The van der Waals surface area contributed by atoms with E-state index in [0.717, 1.165) is 5.69 Å². The fourth-order valence-corrected chi connectivity index (χ4v) is 3.30. The summed E-state index contributed by atoms with van der Waals surface area (Å²) in [6.45, 7) is 0. The van der Waals surface area contributed by atoms with Gasteiger partial charge in [0.2, 0.25) is 17.8 Å². The van der Waals surface area contributed by atoms with Crippen molar-refractivity contribution in [2.45, 2.75) is 0 Å². The molecule has 0 aliphatic rings. The average molecular weight is 517 g/mol. The second kappa shape index (κ2) is 12.0. The van der Waals surface area contributed by atoms with E-state index in [0.29, 0.717) is 28.5 Å². The molecule has 1 heterocycles. The van der Waals surface area contributed by atoms with Gasteiger partial charge < -0.3 is 24.8 Å². The summed E-state index contributed by atoms with van der Waals surface area (Å²) in [5.41, 5.74) is 4.71.